The van der Waals surface area contributed by atoms with E-state index in [1.165, 1.54) is 6.92 Å². The molecule has 3 N–H and O–H groups in total. The van der Waals surface area contributed by atoms with Gasteiger partial charge in [0.15, 0.2) is 0 Å². The SMILES string of the molecule is CC(=O)Nc1ccc(NCC(=O)Nc2cc(Cl)ccc2Cl)cc1. The van der Waals surface area contributed by atoms with Gasteiger partial charge in [-0.3, -0.25) is 9.59 Å². The first-order chi connectivity index (χ1) is 10.9. The van der Waals surface area contributed by atoms with E-state index in [1.807, 2.05) is 0 Å². The minimum atomic E-state index is -0.250. The molecule has 120 valence electrons. The third kappa shape index (κ3) is 5.47. The van der Waals surface area contributed by atoms with E-state index >= 15 is 0 Å². The van der Waals surface area contributed by atoms with E-state index < -0.39 is 0 Å². The van der Waals surface area contributed by atoms with Crippen LogP contribution in [-0.2, 0) is 9.59 Å². The number of nitrogens with one attached hydrogen (secondary N) is 3. The van der Waals surface area contributed by atoms with Crippen LogP contribution in [0.1, 0.15) is 6.92 Å². The minimum Gasteiger partial charge on any atom is -0.376 e. The Labute approximate surface area is 144 Å². The lowest BCUT2D eigenvalue weighted by atomic mass is 10.2. The second kappa shape index (κ2) is 7.85. The lowest BCUT2D eigenvalue weighted by Gasteiger charge is -2.10. The molecule has 2 aromatic carbocycles. The zero-order valence-electron chi connectivity index (χ0n) is 12.3. The fourth-order valence-corrected chi connectivity index (χ4v) is 2.18. The number of amides is 2. The number of benzene rings is 2. The normalized spacial score (nSPS) is 10.0. The van der Waals surface area contributed by atoms with Gasteiger partial charge in [0.1, 0.15) is 0 Å². The van der Waals surface area contributed by atoms with Gasteiger partial charge in [0.2, 0.25) is 11.8 Å². The summed E-state index contributed by atoms with van der Waals surface area (Å²) in [5, 5.41) is 9.24. The van der Waals surface area contributed by atoms with Crippen molar-refractivity contribution in [3.05, 3.63) is 52.5 Å². The van der Waals surface area contributed by atoms with Crippen LogP contribution >= 0.6 is 23.2 Å². The Morgan fingerprint density at radius 3 is 2.26 bits per heavy atom. The Balaban J connectivity index is 1.89. The van der Waals surface area contributed by atoms with Crippen molar-refractivity contribution in [1.82, 2.24) is 0 Å². The monoisotopic (exact) mass is 351 g/mol. The van der Waals surface area contributed by atoms with Gasteiger partial charge in [-0.2, -0.15) is 0 Å². The smallest absolute Gasteiger partial charge is 0.243 e. The Morgan fingerprint density at radius 1 is 0.957 bits per heavy atom. The van der Waals surface area contributed by atoms with Gasteiger partial charge in [0.05, 0.1) is 17.3 Å². The first-order valence-electron chi connectivity index (χ1n) is 6.80. The van der Waals surface area contributed by atoms with Crippen molar-refractivity contribution in [3.63, 3.8) is 0 Å². The van der Waals surface area contributed by atoms with E-state index in [-0.39, 0.29) is 18.4 Å². The number of rotatable bonds is 5. The standard InChI is InChI=1S/C16H15Cl2N3O2/c1-10(22)20-13-5-3-12(4-6-13)19-9-16(23)21-15-8-11(17)2-7-14(15)18/h2-8,19H,9H2,1H3,(H,20,22)(H,21,23). The van der Waals surface area contributed by atoms with Crippen LogP contribution in [-0.4, -0.2) is 18.4 Å². The van der Waals surface area contributed by atoms with Crippen molar-refractivity contribution in [2.24, 2.45) is 0 Å². The molecule has 2 aromatic rings. The maximum Gasteiger partial charge on any atom is 0.243 e. The van der Waals surface area contributed by atoms with Crippen molar-refractivity contribution in [1.29, 1.82) is 0 Å². The molecule has 7 heteroatoms. The highest BCUT2D eigenvalue weighted by molar-refractivity contribution is 6.35. The molecule has 0 radical (unpaired) electrons. The molecule has 0 heterocycles. The second-order valence-electron chi connectivity index (χ2n) is 4.78. The summed E-state index contributed by atoms with van der Waals surface area (Å²) in [5.41, 5.74) is 1.91. The van der Waals surface area contributed by atoms with Gasteiger partial charge in [-0.1, -0.05) is 23.2 Å². The van der Waals surface area contributed by atoms with E-state index in [2.05, 4.69) is 16.0 Å². The largest absolute Gasteiger partial charge is 0.376 e. The fraction of sp³-hybridized carbons (Fsp3) is 0.125. The topological polar surface area (TPSA) is 70.2 Å². The third-order valence-corrected chi connectivity index (χ3v) is 3.43. The van der Waals surface area contributed by atoms with Gasteiger partial charge in [0.25, 0.3) is 0 Å². The first-order valence-corrected chi connectivity index (χ1v) is 7.56. The molecule has 23 heavy (non-hydrogen) atoms. The quantitative estimate of drug-likeness (QED) is 0.762. The highest BCUT2D eigenvalue weighted by Crippen LogP contribution is 2.25. The summed E-state index contributed by atoms with van der Waals surface area (Å²) in [6, 6.07) is 11.9. The Morgan fingerprint density at radius 2 is 1.61 bits per heavy atom. The molecule has 0 aromatic heterocycles. The number of hydrogen-bond donors (Lipinski definition) is 3. The summed E-state index contributed by atoms with van der Waals surface area (Å²) >= 11 is 11.9. The van der Waals surface area contributed by atoms with Gasteiger partial charge < -0.3 is 16.0 Å². The predicted octanol–water partition coefficient (Wildman–Crippen LogP) is 4.00. The lowest BCUT2D eigenvalue weighted by molar-refractivity contribution is -0.115. The van der Waals surface area contributed by atoms with Crippen LogP contribution in [0.25, 0.3) is 0 Å². The number of hydrogen-bond acceptors (Lipinski definition) is 3. The molecule has 2 rings (SSSR count). The van der Waals surface area contributed by atoms with Crippen molar-refractivity contribution in [2.75, 3.05) is 22.5 Å². The van der Waals surface area contributed by atoms with Crippen LogP contribution in [0.2, 0.25) is 10.0 Å². The first kappa shape index (κ1) is 17.1. The third-order valence-electron chi connectivity index (χ3n) is 2.86. The van der Waals surface area contributed by atoms with Gasteiger partial charge >= 0.3 is 0 Å². The molecular formula is C16H15Cl2N3O2. The van der Waals surface area contributed by atoms with Crippen molar-refractivity contribution in [2.45, 2.75) is 6.92 Å². The van der Waals surface area contributed by atoms with Crippen LogP contribution < -0.4 is 16.0 Å². The molecular weight excluding hydrogens is 337 g/mol. The van der Waals surface area contributed by atoms with Crippen molar-refractivity contribution in [3.8, 4) is 0 Å². The number of halogens is 2. The highest BCUT2D eigenvalue weighted by atomic mass is 35.5. The van der Waals surface area contributed by atoms with Crippen LogP contribution in [0.5, 0.6) is 0 Å². The van der Waals surface area contributed by atoms with E-state index in [0.717, 1.165) is 5.69 Å². The molecule has 0 unspecified atom stereocenters. The maximum absolute atomic E-state index is 11.9. The Bertz CT molecular complexity index is 718. The van der Waals surface area contributed by atoms with E-state index in [4.69, 9.17) is 23.2 Å². The number of anilines is 3. The summed E-state index contributed by atoms with van der Waals surface area (Å²) in [6.07, 6.45) is 0. The maximum atomic E-state index is 11.9. The van der Waals surface area contributed by atoms with Crippen molar-refractivity contribution >= 4 is 52.1 Å². The Hall–Kier alpha value is -2.24. The molecule has 0 aliphatic rings. The summed E-state index contributed by atoms with van der Waals surface area (Å²) in [7, 11) is 0. The van der Waals surface area contributed by atoms with E-state index in [0.29, 0.717) is 21.4 Å². The molecule has 0 fully saturated rings. The molecule has 5 nitrogen and oxygen atoms in total. The lowest BCUT2D eigenvalue weighted by Crippen LogP contribution is -2.21. The highest BCUT2D eigenvalue weighted by Gasteiger charge is 2.06. The van der Waals surface area contributed by atoms with Gasteiger partial charge in [-0.25, -0.2) is 0 Å². The zero-order valence-corrected chi connectivity index (χ0v) is 13.8. The molecule has 0 spiro atoms. The van der Waals surface area contributed by atoms with Gasteiger partial charge in [-0.05, 0) is 42.5 Å². The molecule has 0 saturated heterocycles. The molecule has 0 aliphatic heterocycles. The molecule has 2 amide bonds. The molecule has 0 atom stereocenters. The predicted molar refractivity (Wildman–Crippen MR) is 94.3 cm³/mol. The minimum absolute atomic E-state index is 0.0718. The van der Waals surface area contributed by atoms with E-state index in [9.17, 15) is 9.59 Å². The molecule has 0 saturated carbocycles. The van der Waals surface area contributed by atoms with Crippen molar-refractivity contribution < 1.29 is 9.59 Å². The van der Waals surface area contributed by atoms with Crippen LogP contribution in [0.3, 0.4) is 0 Å². The zero-order chi connectivity index (χ0) is 16.8. The average Bonchev–Trinajstić information content (AvgIpc) is 2.50. The number of carbonyl (C=O) groups is 2. The Kier molecular flexibility index (Phi) is 5.84. The summed E-state index contributed by atoms with van der Waals surface area (Å²) in [6.45, 7) is 1.51. The van der Waals surface area contributed by atoms with Gasteiger partial charge in [-0.15, -0.1) is 0 Å². The molecule has 0 aliphatic carbocycles. The van der Waals surface area contributed by atoms with Crippen LogP contribution in [0, 0.1) is 0 Å². The summed E-state index contributed by atoms with van der Waals surface area (Å²) < 4.78 is 0. The molecule has 0 bridgehead atoms. The summed E-state index contributed by atoms with van der Waals surface area (Å²) in [4.78, 5) is 22.9. The number of carbonyl (C=O) groups excluding carboxylic acids is 2. The average molecular weight is 352 g/mol. The summed E-state index contributed by atoms with van der Waals surface area (Å²) in [5.74, 6) is -0.386. The van der Waals surface area contributed by atoms with E-state index in [1.54, 1.807) is 42.5 Å². The second-order valence-corrected chi connectivity index (χ2v) is 5.63. The van der Waals surface area contributed by atoms with Crippen LogP contribution in [0.15, 0.2) is 42.5 Å². The van der Waals surface area contributed by atoms with Crippen LogP contribution in [0.4, 0.5) is 17.1 Å². The fourth-order valence-electron chi connectivity index (χ4n) is 1.84. The van der Waals surface area contributed by atoms with Gasteiger partial charge in [0, 0.05) is 23.3 Å².